The molecule has 0 aliphatic carbocycles. The molecule has 2 aromatic heterocycles. The number of imidazole rings is 1. The van der Waals surface area contributed by atoms with Crippen molar-refractivity contribution in [2.45, 2.75) is 38.4 Å². The van der Waals surface area contributed by atoms with Crippen molar-refractivity contribution in [1.82, 2.24) is 19.5 Å². The van der Waals surface area contributed by atoms with Gasteiger partial charge in [-0.2, -0.15) is 0 Å². The maximum atomic E-state index is 12.1. The van der Waals surface area contributed by atoms with E-state index in [1.807, 2.05) is 37.3 Å². The molecule has 0 aliphatic heterocycles. The van der Waals surface area contributed by atoms with Gasteiger partial charge in [-0.15, -0.1) is 6.58 Å². The van der Waals surface area contributed by atoms with E-state index < -0.39 is 5.91 Å². The van der Waals surface area contributed by atoms with E-state index in [9.17, 15) is 4.79 Å². The molecule has 27 heavy (non-hydrogen) atoms. The number of amides is 1. The van der Waals surface area contributed by atoms with Gasteiger partial charge in [0.2, 0.25) is 0 Å². The van der Waals surface area contributed by atoms with Gasteiger partial charge in [-0.3, -0.25) is 4.79 Å². The molecular formula is C20H23N5OS. The Bertz CT molecular complexity index is 978. The standard InChI is InChI=1S/C20H23N5OS/c1-4-6-11-25-19-16(23-20(25)27-12-5-2)15(17(21)26)22-18(24-19)14-9-7-13(3)8-10-14/h5,7-10H,2,4,6,11-12H2,1,3H3,(H2,21,26). The van der Waals surface area contributed by atoms with E-state index in [4.69, 9.17) is 10.7 Å². The summed E-state index contributed by atoms with van der Waals surface area (Å²) in [7, 11) is 0. The zero-order chi connectivity index (χ0) is 19.4. The molecule has 1 amide bonds. The second kappa shape index (κ2) is 8.35. The fraction of sp³-hybridized carbons (Fsp3) is 0.300. The maximum Gasteiger partial charge on any atom is 0.269 e. The van der Waals surface area contributed by atoms with Gasteiger partial charge in [0.1, 0.15) is 5.52 Å². The van der Waals surface area contributed by atoms with E-state index in [2.05, 4.69) is 28.0 Å². The number of rotatable bonds is 8. The van der Waals surface area contributed by atoms with E-state index in [0.29, 0.717) is 17.0 Å². The van der Waals surface area contributed by atoms with Crippen molar-refractivity contribution in [2.75, 3.05) is 5.75 Å². The van der Waals surface area contributed by atoms with Crippen LogP contribution in [0.15, 0.2) is 42.1 Å². The first-order chi connectivity index (χ1) is 13.0. The van der Waals surface area contributed by atoms with Crippen LogP contribution in [0.1, 0.15) is 35.8 Å². The summed E-state index contributed by atoms with van der Waals surface area (Å²) in [6.45, 7) is 8.70. The minimum absolute atomic E-state index is 0.159. The molecule has 0 aliphatic rings. The molecule has 6 nitrogen and oxygen atoms in total. The molecule has 0 bridgehead atoms. The van der Waals surface area contributed by atoms with Crippen LogP contribution >= 0.6 is 11.8 Å². The average Bonchev–Trinajstić information content (AvgIpc) is 3.01. The van der Waals surface area contributed by atoms with Crippen LogP contribution in [0.25, 0.3) is 22.6 Å². The van der Waals surface area contributed by atoms with Gasteiger partial charge < -0.3 is 10.3 Å². The van der Waals surface area contributed by atoms with Crippen LogP contribution in [0.5, 0.6) is 0 Å². The minimum Gasteiger partial charge on any atom is -0.364 e. The number of thioether (sulfide) groups is 1. The summed E-state index contributed by atoms with van der Waals surface area (Å²) in [5, 5.41) is 0.802. The number of hydrogen-bond acceptors (Lipinski definition) is 5. The van der Waals surface area contributed by atoms with Crippen LogP contribution < -0.4 is 5.73 Å². The minimum atomic E-state index is -0.601. The van der Waals surface area contributed by atoms with Gasteiger partial charge in [0.25, 0.3) is 5.91 Å². The predicted octanol–water partition coefficient (Wildman–Crippen LogP) is 3.98. The molecule has 3 rings (SSSR count). The summed E-state index contributed by atoms with van der Waals surface area (Å²) in [5.41, 5.74) is 8.86. The van der Waals surface area contributed by atoms with Crippen molar-refractivity contribution < 1.29 is 4.79 Å². The Kier molecular flexibility index (Phi) is 5.91. The van der Waals surface area contributed by atoms with Crippen LogP contribution in [0, 0.1) is 6.92 Å². The van der Waals surface area contributed by atoms with Crippen LogP contribution in [0.3, 0.4) is 0 Å². The summed E-state index contributed by atoms with van der Waals surface area (Å²) in [6.07, 6.45) is 3.86. The second-order valence-corrected chi connectivity index (χ2v) is 7.28. The molecule has 0 atom stereocenters. The van der Waals surface area contributed by atoms with Crippen molar-refractivity contribution >= 4 is 28.8 Å². The van der Waals surface area contributed by atoms with Crippen LogP contribution in [0.4, 0.5) is 0 Å². The lowest BCUT2D eigenvalue weighted by Crippen LogP contribution is -2.15. The molecule has 3 aromatic rings. The number of nitrogens with two attached hydrogens (primary N) is 1. The Hall–Kier alpha value is -2.67. The fourth-order valence-electron chi connectivity index (χ4n) is 2.75. The lowest BCUT2D eigenvalue weighted by atomic mass is 10.1. The van der Waals surface area contributed by atoms with E-state index in [1.54, 1.807) is 11.8 Å². The molecule has 140 valence electrons. The normalized spacial score (nSPS) is 11.0. The largest absolute Gasteiger partial charge is 0.364 e. The van der Waals surface area contributed by atoms with Gasteiger partial charge in [-0.05, 0) is 13.3 Å². The van der Waals surface area contributed by atoms with Gasteiger partial charge >= 0.3 is 0 Å². The first-order valence-electron chi connectivity index (χ1n) is 8.94. The van der Waals surface area contributed by atoms with Crippen LogP contribution in [-0.2, 0) is 6.54 Å². The number of carbonyl (C=O) groups is 1. The topological polar surface area (TPSA) is 86.7 Å². The third kappa shape index (κ3) is 4.03. The molecule has 0 spiro atoms. The summed E-state index contributed by atoms with van der Waals surface area (Å²) < 4.78 is 2.05. The first-order valence-corrected chi connectivity index (χ1v) is 9.92. The van der Waals surface area contributed by atoms with Gasteiger partial charge in [0.15, 0.2) is 22.3 Å². The summed E-state index contributed by atoms with van der Waals surface area (Å²) >= 11 is 1.56. The maximum absolute atomic E-state index is 12.1. The summed E-state index contributed by atoms with van der Waals surface area (Å²) in [5.74, 6) is 0.602. The lowest BCUT2D eigenvalue weighted by molar-refractivity contribution is 0.0997. The van der Waals surface area contributed by atoms with Crippen molar-refractivity contribution in [3.63, 3.8) is 0 Å². The molecule has 2 N–H and O–H groups in total. The third-order valence-corrected chi connectivity index (χ3v) is 5.14. The number of hydrogen-bond donors (Lipinski definition) is 1. The highest BCUT2D eigenvalue weighted by molar-refractivity contribution is 7.99. The number of fused-ring (bicyclic) bond motifs is 1. The van der Waals surface area contributed by atoms with Crippen molar-refractivity contribution in [3.05, 3.63) is 48.2 Å². The lowest BCUT2D eigenvalue weighted by Gasteiger charge is -2.08. The Morgan fingerprint density at radius 1 is 1.26 bits per heavy atom. The van der Waals surface area contributed by atoms with E-state index in [0.717, 1.165) is 41.4 Å². The van der Waals surface area contributed by atoms with Crippen LogP contribution in [-0.4, -0.2) is 31.2 Å². The first kappa shape index (κ1) is 19.1. The van der Waals surface area contributed by atoms with Gasteiger partial charge in [-0.1, -0.05) is 61.0 Å². The van der Waals surface area contributed by atoms with Crippen LogP contribution in [0.2, 0.25) is 0 Å². The van der Waals surface area contributed by atoms with Crippen molar-refractivity contribution in [1.29, 1.82) is 0 Å². The SMILES string of the molecule is C=CCSc1nc2c(C(N)=O)nc(-c3ccc(C)cc3)nc2n1CCCC. The smallest absolute Gasteiger partial charge is 0.269 e. The molecular weight excluding hydrogens is 358 g/mol. The zero-order valence-corrected chi connectivity index (χ0v) is 16.4. The molecule has 0 radical (unpaired) electrons. The van der Waals surface area contributed by atoms with Gasteiger partial charge in [0.05, 0.1) is 0 Å². The number of primary amides is 1. The average molecular weight is 382 g/mol. The van der Waals surface area contributed by atoms with Crippen molar-refractivity contribution in [3.8, 4) is 11.4 Å². The van der Waals surface area contributed by atoms with Gasteiger partial charge in [-0.25, -0.2) is 15.0 Å². The Morgan fingerprint density at radius 3 is 2.63 bits per heavy atom. The number of carbonyl (C=O) groups excluding carboxylic acids is 1. The number of nitrogens with zero attached hydrogens (tertiary/aromatic N) is 4. The van der Waals surface area contributed by atoms with Crippen molar-refractivity contribution in [2.24, 2.45) is 5.73 Å². The molecule has 1 aromatic carbocycles. The molecule has 2 heterocycles. The summed E-state index contributed by atoms with van der Waals surface area (Å²) in [4.78, 5) is 25.9. The molecule has 0 saturated carbocycles. The highest BCUT2D eigenvalue weighted by Gasteiger charge is 2.21. The number of aryl methyl sites for hydroxylation is 2. The molecule has 0 fully saturated rings. The van der Waals surface area contributed by atoms with Gasteiger partial charge in [0, 0.05) is 17.9 Å². The van der Waals surface area contributed by atoms with E-state index >= 15 is 0 Å². The zero-order valence-electron chi connectivity index (χ0n) is 15.6. The highest BCUT2D eigenvalue weighted by atomic mass is 32.2. The molecule has 7 heteroatoms. The highest BCUT2D eigenvalue weighted by Crippen LogP contribution is 2.27. The number of unbranched alkanes of at least 4 members (excludes halogenated alkanes) is 1. The van der Waals surface area contributed by atoms with E-state index in [1.165, 1.54) is 0 Å². The number of aromatic nitrogens is 4. The summed E-state index contributed by atoms with van der Waals surface area (Å²) in [6, 6.07) is 7.88. The Labute approximate surface area is 162 Å². The molecule has 0 saturated heterocycles. The third-order valence-electron chi connectivity index (χ3n) is 4.17. The Morgan fingerprint density at radius 2 is 2.00 bits per heavy atom. The second-order valence-electron chi connectivity index (χ2n) is 6.30. The Balaban J connectivity index is 2.23. The predicted molar refractivity (Wildman–Crippen MR) is 110 cm³/mol. The van der Waals surface area contributed by atoms with E-state index in [-0.39, 0.29) is 5.69 Å². The number of benzene rings is 1. The monoisotopic (exact) mass is 381 g/mol. The molecule has 0 unspecified atom stereocenters. The fourth-order valence-corrected chi connectivity index (χ4v) is 3.50. The quantitative estimate of drug-likeness (QED) is 0.471.